The van der Waals surface area contributed by atoms with Gasteiger partial charge in [0.15, 0.2) is 0 Å². The lowest BCUT2D eigenvalue weighted by atomic mass is 10.0. The van der Waals surface area contributed by atoms with Crippen LogP contribution in [0, 0.1) is 0 Å². The maximum atomic E-state index is 11.3. The third-order valence-electron chi connectivity index (χ3n) is 3.76. The molecule has 0 aliphatic heterocycles. The van der Waals surface area contributed by atoms with Crippen molar-refractivity contribution in [1.29, 1.82) is 0 Å². The van der Waals surface area contributed by atoms with E-state index in [0.717, 1.165) is 25.7 Å². The SMILES string of the molecule is CCCOC(=O)CCCCCCCCCCCCCCO. The molecule has 3 heteroatoms. The van der Waals surface area contributed by atoms with E-state index >= 15 is 0 Å². The molecular weight excluding hydrogens is 264 g/mol. The first-order valence-corrected chi connectivity index (χ1v) is 9.07. The first kappa shape index (κ1) is 20.4. The Hall–Kier alpha value is -0.570. The molecule has 0 saturated carbocycles. The number of esters is 1. The maximum Gasteiger partial charge on any atom is 0.305 e. The first-order chi connectivity index (χ1) is 10.3. The topological polar surface area (TPSA) is 46.5 Å². The van der Waals surface area contributed by atoms with Gasteiger partial charge in [0.05, 0.1) is 6.61 Å². The second-order valence-corrected chi connectivity index (χ2v) is 5.94. The lowest BCUT2D eigenvalue weighted by Crippen LogP contribution is -2.04. The molecule has 0 rings (SSSR count). The lowest BCUT2D eigenvalue weighted by molar-refractivity contribution is -0.143. The number of aliphatic hydroxyl groups excluding tert-OH is 1. The molecule has 1 N–H and O–H groups in total. The van der Waals surface area contributed by atoms with Crippen molar-refractivity contribution in [2.75, 3.05) is 13.2 Å². The van der Waals surface area contributed by atoms with Crippen LogP contribution in [0.2, 0.25) is 0 Å². The van der Waals surface area contributed by atoms with Gasteiger partial charge < -0.3 is 9.84 Å². The summed E-state index contributed by atoms with van der Waals surface area (Å²) in [6.07, 6.45) is 16.3. The number of hydrogen-bond donors (Lipinski definition) is 1. The zero-order chi connectivity index (χ0) is 15.6. The van der Waals surface area contributed by atoms with Gasteiger partial charge in [-0.05, 0) is 19.3 Å². The number of carbonyl (C=O) groups is 1. The average Bonchev–Trinajstić information content (AvgIpc) is 2.49. The molecule has 0 heterocycles. The number of unbranched alkanes of at least 4 members (excludes halogenated alkanes) is 11. The molecule has 0 aromatic heterocycles. The maximum absolute atomic E-state index is 11.3. The summed E-state index contributed by atoms with van der Waals surface area (Å²) in [6.45, 7) is 2.93. The number of carbonyl (C=O) groups excluding carboxylic acids is 1. The van der Waals surface area contributed by atoms with Crippen LogP contribution in [0.3, 0.4) is 0 Å². The van der Waals surface area contributed by atoms with Gasteiger partial charge in [-0.1, -0.05) is 71.1 Å². The summed E-state index contributed by atoms with van der Waals surface area (Å²) in [4.78, 5) is 11.3. The van der Waals surface area contributed by atoms with Crippen molar-refractivity contribution in [3.8, 4) is 0 Å². The molecule has 0 bridgehead atoms. The van der Waals surface area contributed by atoms with Crippen molar-refractivity contribution in [1.82, 2.24) is 0 Å². The Bertz CT molecular complexity index is 217. The van der Waals surface area contributed by atoms with E-state index < -0.39 is 0 Å². The highest BCUT2D eigenvalue weighted by molar-refractivity contribution is 5.69. The molecule has 0 atom stereocenters. The molecule has 0 aromatic carbocycles. The fourth-order valence-corrected chi connectivity index (χ4v) is 2.44. The molecule has 0 aliphatic carbocycles. The predicted octanol–water partition coefficient (Wildman–Crippen LogP) is 5.00. The van der Waals surface area contributed by atoms with Gasteiger partial charge in [0.2, 0.25) is 0 Å². The Morgan fingerprint density at radius 1 is 0.762 bits per heavy atom. The smallest absolute Gasteiger partial charge is 0.305 e. The molecule has 0 amide bonds. The third kappa shape index (κ3) is 17.4. The van der Waals surface area contributed by atoms with Crippen LogP contribution in [-0.2, 0) is 9.53 Å². The normalized spacial score (nSPS) is 10.8. The Labute approximate surface area is 131 Å². The summed E-state index contributed by atoms with van der Waals surface area (Å²) < 4.78 is 5.05. The highest BCUT2D eigenvalue weighted by Gasteiger charge is 2.01. The van der Waals surface area contributed by atoms with Gasteiger partial charge in [-0.2, -0.15) is 0 Å². The average molecular weight is 300 g/mol. The van der Waals surface area contributed by atoms with E-state index in [4.69, 9.17) is 9.84 Å². The van der Waals surface area contributed by atoms with Gasteiger partial charge in [0, 0.05) is 13.0 Å². The summed E-state index contributed by atoms with van der Waals surface area (Å²) in [7, 11) is 0. The Morgan fingerprint density at radius 3 is 1.62 bits per heavy atom. The van der Waals surface area contributed by atoms with Crippen molar-refractivity contribution in [2.45, 2.75) is 96.8 Å². The molecule has 0 saturated heterocycles. The molecule has 0 aliphatic rings. The summed E-state index contributed by atoms with van der Waals surface area (Å²) in [5.74, 6) is -0.0296. The van der Waals surface area contributed by atoms with Crippen LogP contribution in [-0.4, -0.2) is 24.3 Å². The quantitative estimate of drug-likeness (QED) is 0.322. The fourth-order valence-electron chi connectivity index (χ4n) is 2.44. The summed E-state index contributed by atoms with van der Waals surface area (Å²) in [6, 6.07) is 0. The second-order valence-electron chi connectivity index (χ2n) is 5.94. The zero-order valence-corrected chi connectivity index (χ0v) is 14.1. The highest BCUT2D eigenvalue weighted by atomic mass is 16.5. The van der Waals surface area contributed by atoms with E-state index in [2.05, 4.69) is 0 Å². The van der Waals surface area contributed by atoms with E-state index in [1.54, 1.807) is 0 Å². The minimum Gasteiger partial charge on any atom is -0.466 e. The molecule has 0 aromatic rings. The van der Waals surface area contributed by atoms with E-state index in [-0.39, 0.29) is 5.97 Å². The molecule has 0 radical (unpaired) electrons. The minimum atomic E-state index is -0.0296. The van der Waals surface area contributed by atoms with Crippen LogP contribution in [0.5, 0.6) is 0 Å². The number of ether oxygens (including phenoxy) is 1. The first-order valence-electron chi connectivity index (χ1n) is 9.07. The standard InChI is InChI=1S/C18H36O3/c1-2-17-21-18(20)15-13-11-9-7-5-3-4-6-8-10-12-14-16-19/h19H,2-17H2,1H3. The molecule has 0 fully saturated rings. The minimum absolute atomic E-state index is 0.0296. The summed E-state index contributed by atoms with van der Waals surface area (Å²) in [5.41, 5.74) is 0. The molecule has 126 valence electrons. The van der Waals surface area contributed by atoms with E-state index in [9.17, 15) is 4.79 Å². The van der Waals surface area contributed by atoms with Crippen molar-refractivity contribution in [2.24, 2.45) is 0 Å². The van der Waals surface area contributed by atoms with Crippen LogP contribution >= 0.6 is 0 Å². The van der Waals surface area contributed by atoms with Crippen molar-refractivity contribution in [3.63, 3.8) is 0 Å². The Balaban J connectivity index is 3.04. The molecular formula is C18H36O3. The van der Waals surface area contributed by atoms with E-state index in [1.807, 2.05) is 6.92 Å². The number of aliphatic hydroxyl groups is 1. The van der Waals surface area contributed by atoms with Gasteiger partial charge in [-0.25, -0.2) is 0 Å². The fraction of sp³-hybridized carbons (Fsp3) is 0.944. The van der Waals surface area contributed by atoms with Crippen LogP contribution in [0.25, 0.3) is 0 Å². The molecule has 0 unspecified atom stereocenters. The van der Waals surface area contributed by atoms with Gasteiger partial charge in [-0.3, -0.25) is 4.79 Å². The van der Waals surface area contributed by atoms with Gasteiger partial charge >= 0.3 is 5.97 Å². The Kier molecular flexibility index (Phi) is 17.0. The molecule has 3 nitrogen and oxygen atoms in total. The van der Waals surface area contributed by atoms with Gasteiger partial charge in [0.25, 0.3) is 0 Å². The lowest BCUT2D eigenvalue weighted by Gasteiger charge is -2.04. The zero-order valence-electron chi connectivity index (χ0n) is 14.1. The van der Waals surface area contributed by atoms with Crippen LogP contribution < -0.4 is 0 Å². The van der Waals surface area contributed by atoms with E-state index in [0.29, 0.717) is 19.6 Å². The largest absolute Gasteiger partial charge is 0.466 e. The number of rotatable bonds is 16. The van der Waals surface area contributed by atoms with Crippen LogP contribution in [0.1, 0.15) is 96.8 Å². The van der Waals surface area contributed by atoms with Crippen LogP contribution in [0.4, 0.5) is 0 Å². The van der Waals surface area contributed by atoms with E-state index in [1.165, 1.54) is 57.8 Å². The summed E-state index contributed by atoms with van der Waals surface area (Å²) >= 11 is 0. The number of hydrogen-bond acceptors (Lipinski definition) is 3. The third-order valence-corrected chi connectivity index (χ3v) is 3.76. The van der Waals surface area contributed by atoms with Gasteiger partial charge in [-0.15, -0.1) is 0 Å². The molecule has 21 heavy (non-hydrogen) atoms. The van der Waals surface area contributed by atoms with Gasteiger partial charge in [0.1, 0.15) is 0 Å². The Morgan fingerprint density at radius 2 is 1.19 bits per heavy atom. The van der Waals surface area contributed by atoms with Crippen molar-refractivity contribution >= 4 is 5.97 Å². The second kappa shape index (κ2) is 17.5. The van der Waals surface area contributed by atoms with Crippen molar-refractivity contribution < 1.29 is 14.6 Å². The monoisotopic (exact) mass is 300 g/mol. The van der Waals surface area contributed by atoms with Crippen molar-refractivity contribution in [3.05, 3.63) is 0 Å². The van der Waals surface area contributed by atoms with Crippen LogP contribution in [0.15, 0.2) is 0 Å². The predicted molar refractivity (Wildman–Crippen MR) is 88.4 cm³/mol. The summed E-state index contributed by atoms with van der Waals surface area (Å²) in [5, 5.41) is 8.67. The molecule has 0 spiro atoms. The highest BCUT2D eigenvalue weighted by Crippen LogP contribution is 2.12.